The Bertz CT molecular complexity index is 1910. The predicted molar refractivity (Wildman–Crippen MR) is 200 cm³/mol. The van der Waals surface area contributed by atoms with Crippen LogP contribution in [0.4, 0.5) is 18.7 Å². The van der Waals surface area contributed by atoms with Crippen LogP contribution in [0.2, 0.25) is 0 Å². The Kier molecular flexibility index (Phi) is 11.3. The van der Waals surface area contributed by atoms with E-state index in [2.05, 4.69) is 26.3 Å². The zero-order valence-electron chi connectivity index (χ0n) is 31.9. The molecule has 2 aliphatic rings. The first-order chi connectivity index (χ1) is 25.1. The van der Waals surface area contributed by atoms with E-state index in [1.54, 1.807) is 65.8 Å². The number of urea groups is 1. The third-order valence-electron chi connectivity index (χ3n) is 9.22. The highest BCUT2D eigenvalue weighted by Gasteiger charge is 2.66. The summed E-state index contributed by atoms with van der Waals surface area (Å²) < 4.78 is 39.5. The minimum absolute atomic E-state index is 0.105. The summed E-state index contributed by atoms with van der Waals surface area (Å²) in [6.07, 6.45) is -4.36. The van der Waals surface area contributed by atoms with Gasteiger partial charge in [-0.1, -0.05) is 20.8 Å². The number of carboxylic acid groups (broad SMARTS) is 1. The molecule has 3 heterocycles. The smallest absolute Gasteiger partial charge is 0.329 e. The molecule has 1 saturated carbocycles. The Morgan fingerprint density at radius 2 is 1.76 bits per heavy atom. The lowest BCUT2D eigenvalue weighted by Gasteiger charge is -2.36. The molecule has 0 spiro atoms. The second-order valence-corrected chi connectivity index (χ2v) is 17.1. The van der Waals surface area contributed by atoms with Gasteiger partial charge in [0.15, 0.2) is 5.13 Å². The highest BCUT2D eigenvalue weighted by Crippen LogP contribution is 2.48. The fourth-order valence-corrected chi connectivity index (χ4v) is 7.30. The number of hydrogen-bond donors (Lipinski definition) is 5. The van der Waals surface area contributed by atoms with Gasteiger partial charge in [-0.3, -0.25) is 9.59 Å². The van der Waals surface area contributed by atoms with Crippen molar-refractivity contribution in [3.05, 3.63) is 29.6 Å². The zero-order chi connectivity index (χ0) is 39.9. The van der Waals surface area contributed by atoms with Gasteiger partial charge in [-0.05, 0) is 58.6 Å². The van der Waals surface area contributed by atoms with Crippen molar-refractivity contribution in [2.45, 2.75) is 110 Å². The summed E-state index contributed by atoms with van der Waals surface area (Å²) in [4.78, 5) is 64.4. The molecule has 5 N–H and O–H groups in total. The zero-order valence-corrected chi connectivity index (χ0v) is 32.7. The summed E-state index contributed by atoms with van der Waals surface area (Å²) in [7, 11) is 1.54. The predicted octanol–water partition coefficient (Wildman–Crippen LogP) is 5.27. The number of thiazole rings is 1. The van der Waals surface area contributed by atoms with Crippen LogP contribution < -0.4 is 30.7 Å². The summed E-state index contributed by atoms with van der Waals surface area (Å²) in [5, 5.41) is 24.2. The van der Waals surface area contributed by atoms with E-state index in [-0.39, 0.29) is 19.0 Å². The van der Waals surface area contributed by atoms with Crippen molar-refractivity contribution >= 4 is 51.2 Å². The Balaban J connectivity index is 1.51. The number of anilines is 1. The van der Waals surface area contributed by atoms with Gasteiger partial charge in [0.1, 0.15) is 40.9 Å². The molecule has 0 bridgehead atoms. The van der Waals surface area contributed by atoms with E-state index in [0.717, 1.165) is 0 Å². The molecule has 1 saturated heterocycles. The summed E-state index contributed by atoms with van der Waals surface area (Å²) in [5.74, 6) is -3.77. The first-order valence-electron chi connectivity index (χ1n) is 17.7. The maximum absolute atomic E-state index is 14.5. The second kappa shape index (κ2) is 15.1. The van der Waals surface area contributed by atoms with E-state index in [1.165, 1.54) is 23.3 Å². The molecular weight excluding hydrogens is 725 g/mol. The average Bonchev–Trinajstić information content (AvgIpc) is 3.37. The Hall–Kier alpha value is -4.80. The Labute approximate surface area is 316 Å². The summed E-state index contributed by atoms with van der Waals surface area (Å²) >= 11 is 1.42. The SMILES string of the molecule is COc1ccc2c(O[C@@H]3CC(C(=O)N[C@@]4(C(=O)O)C[C@H]4C(F)F)N(C(=O)[C@@H](NC(=O)NC(C)(C)C)C(C)(C)C)C3)cc(-c3csc(NC(C)C)n3)nc2c1. The molecule has 1 aliphatic heterocycles. The van der Waals surface area contributed by atoms with Crippen LogP contribution in [0.1, 0.15) is 68.2 Å². The number of aliphatic carboxylic acids is 1. The van der Waals surface area contributed by atoms with Crippen molar-refractivity contribution in [2.75, 3.05) is 19.0 Å². The molecule has 17 heteroatoms. The van der Waals surface area contributed by atoms with E-state index in [1.807, 2.05) is 19.2 Å². The van der Waals surface area contributed by atoms with Gasteiger partial charge in [-0.15, -0.1) is 11.3 Å². The first kappa shape index (κ1) is 40.4. The number of aromatic nitrogens is 2. The number of nitrogens with one attached hydrogen (secondary N) is 4. The van der Waals surface area contributed by atoms with Crippen LogP contribution in [0.3, 0.4) is 0 Å². The second-order valence-electron chi connectivity index (χ2n) is 16.3. The van der Waals surface area contributed by atoms with Crippen LogP contribution in [0.25, 0.3) is 22.3 Å². The number of rotatable bonds is 12. The molecule has 14 nitrogen and oxygen atoms in total. The number of likely N-dealkylation sites (tertiary alicyclic amines) is 1. The lowest BCUT2D eigenvalue weighted by atomic mass is 9.85. The largest absolute Gasteiger partial charge is 0.497 e. The van der Waals surface area contributed by atoms with E-state index in [4.69, 9.17) is 14.5 Å². The average molecular weight is 774 g/mol. The third kappa shape index (κ3) is 8.93. The van der Waals surface area contributed by atoms with Gasteiger partial charge in [-0.2, -0.15) is 0 Å². The lowest BCUT2D eigenvalue weighted by molar-refractivity contribution is -0.147. The number of carboxylic acids is 1. The number of amides is 4. The number of carbonyl (C=O) groups excluding carboxylic acids is 3. The van der Waals surface area contributed by atoms with Crippen molar-refractivity contribution in [2.24, 2.45) is 11.3 Å². The molecule has 1 aromatic carbocycles. The summed E-state index contributed by atoms with van der Waals surface area (Å²) in [5.41, 5.74) is -2.02. The first-order valence-corrected chi connectivity index (χ1v) is 18.6. The number of fused-ring (bicyclic) bond motifs is 1. The molecular formula is C37H49F2N7O7S. The van der Waals surface area contributed by atoms with Crippen LogP contribution in [-0.2, 0) is 14.4 Å². The molecule has 4 amide bonds. The molecule has 0 radical (unpaired) electrons. The molecule has 3 aromatic rings. The lowest BCUT2D eigenvalue weighted by Crippen LogP contribution is -2.61. The van der Waals surface area contributed by atoms with Crippen molar-refractivity contribution < 1.29 is 42.5 Å². The maximum Gasteiger partial charge on any atom is 0.329 e. The van der Waals surface area contributed by atoms with Gasteiger partial charge in [0, 0.05) is 40.9 Å². The van der Waals surface area contributed by atoms with Gasteiger partial charge in [0.25, 0.3) is 0 Å². The van der Waals surface area contributed by atoms with E-state index in [9.17, 15) is 33.1 Å². The number of alkyl halides is 2. The van der Waals surface area contributed by atoms with Crippen LogP contribution >= 0.6 is 11.3 Å². The van der Waals surface area contributed by atoms with E-state index < -0.39 is 77.3 Å². The molecule has 1 aliphatic carbocycles. The van der Waals surface area contributed by atoms with Crippen molar-refractivity contribution in [3.8, 4) is 22.9 Å². The molecule has 2 fully saturated rings. The number of pyridine rings is 1. The summed E-state index contributed by atoms with van der Waals surface area (Å²) in [6, 6.07) is 4.07. The Morgan fingerprint density at radius 3 is 2.33 bits per heavy atom. The molecule has 5 atom stereocenters. The Morgan fingerprint density at radius 1 is 1.06 bits per heavy atom. The van der Waals surface area contributed by atoms with Gasteiger partial charge in [0.05, 0.1) is 30.8 Å². The molecule has 1 unspecified atom stereocenters. The topological polar surface area (TPSA) is 184 Å². The fraction of sp³-hybridized carbons (Fsp3) is 0.568. The fourth-order valence-electron chi connectivity index (χ4n) is 6.45. The van der Waals surface area contributed by atoms with Crippen LogP contribution in [0, 0.1) is 11.3 Å². The number of benzene rings is 1. The number of halogens is 2. The number of methoxy groups -OCH3 is 1. The van der Waals surface area contributed by atoms with Crippen LogP contribution in [0.5, 0.6) is 11.5 Å². The van der Waals surface area contributed by atoms with Crippen molar-refractivity contribution in [1.29, 1.82) is 0 Å². The molecule has 5 rings (SSSR count). The third-order valence-corrected chi connectivity index (χ3v) is 10.00. The highest BCUT2D eigenvalue weighted by molar-refractivity contribution is 7.14. The van der Waals surface area contributed by atoms with Gasteiger partial charge in [-0.25, -0.2) is 28.3 Å². The van der Waals surface area contributed by atoms with Crippen molar-refractivity contribution in [1.82, 2.24) is 30.8 Å². The van der Waals surface area contributed by atoms with Gasteiger partial charge < -0.3 is 40.7 Å². The van der Waals surface area contributed by atoms with E-state index in [0.29, 0.717) is 38.9 Å². The van der Waals surface area contributed by atoms with Crippen LogP contribution in [-0.4, -0.2) is 99.2 Å². The monoisotopic (exact) mass is 773 g/mol. The number of hydrogen-bond acceptors (Lipinski definition) is 10. The maximum atomic E-state index is 14.5. The molecule has 54 heavy (non-hydrogen) atoms. The van der Waals surface area contributed by atoms with Crippen LogP contribution in [0.15, 0.2) is 29.6 Å². The highest BCUT2D eigenvalue weighted by atomic mass is 32.1. The van der Waals surface area contributed by atoms with Gasteiger partial charge in [0.2, 0.25) is 18.2 Å². The van der Waals surface area contributed by atoms with Crippen molar-refractivity contribution in [3.63, 3.8) is 0 Å². The minimum atomic E-state index is -2.97. The number of carbonyl (C=O) groups is 4. The minimum Gasteiger partial charge on any atom is -0.497 e. The number of ether oxygens (including phenoxy) is 2. The van der Waals surface area contributed by atoms with E-state index >= 15 is 0 Å². The standard InChI is InChI=1S/C37H49F2N7O7S/c1-18(2)40-34-42-25(17-54-34)24-14-27(21-11-10-19(52-9)12-23(21)41-24)53-20-13-26(30(47)44-37(32(49)50)15-22(37)29(38)39)46(16-20)31(48)28(35(3,4)5)43-33(51)45-36(6,7)8/h10-12,14,17-18,20,22,26,28-29H,13,15-16H2,1-9H3,(H,40,42)(H,44,47)(H,49,50)(H2,43,45,51)/t20-,22+,26?,28-,37+/m1/s1. The quantitative estimate of drug-likeness (QED) is 0.163. The molecule has 294 valence electrons. The normalized spacial score (nSPS) is 21.9. The van der Waals surface area contributed by atoms with Gasteiger partial charge >= 0.3 is 12.0 Å². The molecule has 2 aromatic heterocycles. The number of nitrogens with zero attached hydrogens (tertiary/aromatic N) is 3. The summed E-state index contributed by atoms with van der Waals surface area (Å²) in [6.45, 7) is 14.5.